The van der Waals surface area contributed by atoms with Crippen LogP contribution in [0.15, 0.2) is 21.5 Å². The molecule has 1 heterocycles. The Morgan fingerprint density at radius 3 is 2.65 bits per heavy atom. The first-order chi connectivity index (χ1) is 8.26. The maximum absolute atomic E-state index is 5.43. The number of piperidine rings is 1. The van der Waals surface area contributed by atoms with Crippen molar-refractivity contribution in [3.63, 3.8) is 0 Å². The van der Waals surface area contributed by atoms with Crippen LogP contribution in [-0.4, -0.2) is 26.5 Å². The third-order valence-electron chi connectivity index (χ3n) is 3.27. The first-order valence-electron chi connectivity index (χ1n) is 5.88. The standard InChI is InChI=1S/C13H18BrNOS/c1-16-13-11(14)7-10(8-12(13)17-2)9-3-5-15-6-4-9/h7-9,15H,3-6H2,1-2H3. The van der Waals surface area contributed by atoms with E-state index in [0.717, 1.165) is 23.3 Å². The minimum atomic E-state index is 0.685. The Labute approximate surface area is 116 Å². The summed E-state index contributed by atoms with van der Waals surface area (Å²) in [6.45, 7) is 2.26. The molecule has 0 saturated carbocycles. The van der Waals surface area contributed by atoms with Crippen LogP contribution in [-0.2, 0) is 0 Å². The Bertz CT molecular complexity index is 391. The summed E-state index contributed by atoms with van der Waals surface area (Å²) in [5, 5.41) is 3.41. The van der Waals surface area contributed by atoms with Gasteiger partial charge in [-0.25, -0.2) is 0 Å². The van der Waals surface area contributed by atoms with Crippen molar-refractivity contribution in [3.05, 3.63) is 22.2 Å². The molecule has 1 N–H and O–H groups in total. The molecule has 1 saturated heterocycles. The average Bonchev–Trinajstić information content (AvgIpc) is 2.38. The third kappa shape index (κ3) is 2.98. The second kappa shape index (κ2) is 6.12. The summed E-state index contributed by atoms with van der Waals surface area (Å²) in [5.41, 5.74) is 1.43. The normalized spacial score (nSPS) is 17.1. The minimum Gasteiger partial charge on any atom is -0.494 e. The molecule has 0 radical (unpaired) electrons. The van der Waals surface area contributed by atoms with Gasteiger partial charge in [0.2, 0.25) is 0 Å². The first-order valence-corrected chi connectivity index (χ1v) is 7.90. The topological polar surface area (TPSA) is 21.3 Å². The summed E-state index contributed by atoms with van der Waals surface area (Å²) in [7, 11) is 1.73. The van der Waals surface area contributed by atoms with Gasteiger partial charge in [-0.15, -0.1) is 11.8 Å². The molecule has 0 aliphatic carbocycles. The monoisotopic (exact) mass is 315 g/mol. The third-order valence-corrected chi connectivity index (χ3v) is 4.60. The van der Waals surface area contributed by atoms with E-state index in [4.69, 9.17) is 4.74 Å². The highest BCUT2D eigenvalue weighted by Crippen LogP contribution is 2.39. The zero-order valence-corrected chi connectivity index (χ0v) is 12.7. The Balaban J connectivity index is 2.31. The highest BCUT2D eigenvalue weighted by Gasteiger charge is 2.18. The van der Waals surface area contributed by atoms with Crippen LogP contribution in [0, 0.1) is 0 Å². The van der Waals surface area contributed by atoms with Crippen LogP contribution in [0.2, 0.25) is 0 Å². The molecule has 1 aliphatic rings. The van der Waals surface area contributed by atoms with Crippen molar-refractivity contribution in [2.24, 2.45) is 0 Å². The van der Waals surface area contributed by atoms with E-state index in [1.807, 2.05) is 0 Å². The van der Waals surface area contributed by atoms with Gasteiger partial charge in [0.1, 0.15) is 5.75 Å². The van der Waals surface area contributed by atoms with Crippen molar-refractivity contribution in [2.75, 3.05) is 26.5 Å². The minimum absolute atomic E-state index is 0.685. The molecule has 2 rings (SSSR count). The fourth-order valence-corrected chi connectivity index (χ4v) is 3.73. The zero-order chi connectivity index (χ0) is 12.3. The highest BCUT2D eigenvalue weighted by molar-refractivity contribution is 9.10. The maximum atomic E-state index is 5.43. The molecule has 0 amide bonds. The molecule has 0 atom stereocenters. The lowest BCUT2D eigenvalue weighted by atomic mass is 9.90. The summed E-state index contributed by atoms with van der Waals surface area (Å²) in [6.07, 6.45) is 4.55. The number of halogens is 1. The molecule has 0 aromatic heterocycles. The Kier molecular flexibility index (Phi) is 4.77. The van der Waals surface area contributed by atoms with Crippen LogP contribution < -0.4 is 10.1 Å². The second-order valence-corrected chi connectivity index (χ2v) is 5.96. The molecule has 0 unspecified atom stereocenters. The van der Waals surface area contributed by atoms with Crippen molar-refractivity contribution in [1.82, 2.24) is 5.32 Å². The van der Waals surface area contributed by atoms with Gasteiger partial charge in [-0.1, -0.05) is 0 Å². The van der Waals surface area contributed by atoms with Crippen molar-refractivity contribution >= 4 is 27.7 Å². The van der Waals surface area contributed by atoms with Gasteiger partial charge >= 0.3 is 0 Å². The van der Waals surface area contributed by atoms with Gasteiger partial charge in [0.15, 0.2) is 0 Å². The zero-order valence-electron chi connectivity index (χ0n) is 10.3. The van der Waals surface area contributed by atoms with E-state index in [1.165, 1.54) is 23.3 Å². The number of hydrogen-bond acceptors (Lipinski definition) is 3. The number of ether oxygens (including phenoxy) is 1. The van der Waals surface area contributed by atoms with E-state index in [1.54, 1.807) is 18.9 Å². The molecular formula is C13H18BrNOS. The van der Waals surface area contributed by atoms with Crippen LogP contribution in [0.25, 0.3) is 0 Å². The van der Waals surface area contributed by atoms with Gasteiger partial charge < -0.3 is 10.1 Å². The quantitative estimate of drug-likeness (QED) is 0.860. The summed E-state index contributed by atoms with van der Waals surface area (Å²) >= 11 is 5.35. The first kappa shape index (κ1) is 13.2. The van der Waals surface area contributed by atoms with E-state index in [0.29, 0.717) is 5.92 Å². The van der Waals surface area contributed by atoms with Crippen molar-refractivity contribution in [2.45, 2.75) is 23.7 Å². The predicted molar refractivity (Wildman–Crippen MR) is 77.3 cm³/mol. The molecule has 2 nitrogen and oxygen atoms in total. The van der Waals surface area contributed by atoms with Gasteiger partial charge in [0, 0.05) is 0 Å². The molecule has 94 valence electrons. The van der Waals surface area contributed by atoms with Crippen LogP contribution >= 0.6 is 27.7 Å². The molecule has 1 fully saturated rings. The van der Waals surface area contributed by atoms with Gasteiger partial charge in [0.25, 0.3) is 0 Å². The van der Waals surface area contributed by atoms with Gasteiger partial charge in [0.05, 0.1) is 16.5 Å². The maximum Gasteiger partial charge on any atom is 0.146 e. The second-order valence-electron chi connectivity index (χ2n) is 4.26. The number of hydrogen-bond donors (Lipinski definition) is 1. The molecule has 0 bridgehead atoms. The average molecular weight is 316 g/mol. The lowest BCUT2D eigenvalue weighted by Gasteiger charge is -2.24. The number of benzene rings is 1. The van der Waals surface area contributed by atoms with Crippen molar-refractivity contribution < 1.29 is 4.74 Å². The number of methoxy groups -OCH3 is 1. The molecular weight excluding hydrogens is 298 g/mol. The van der Waals surface area contributed by atoms with Gasteiger partial charge in [-0.2, -0.15) is 0 Å². The Hall–Kier alpha value is -0.190. The van der Waals surface area contributed by atoms with E-state index < -0.39 is 0 Å². The van der Waals surface area contributed by atoms with E-state index in [2.05, 4.69) is 39.6 Å². The fraction of sp³-hybridized carbons (Fsp3) is 0.538. The lowest BCUT2D eigenvalue weighted by Crippen LogP contribution is -2.26. The van der Waals surface area contributed by atoms with Crippen LogP contribution in [0.1, 0.15) is 24.3 Å². The SMILES string of the molecule is COc1c(Br)cc(C2CCNCC2)cc1SC. The van der Waals surface area contributed by atoms with E-state index in [-0.39, 0.29) is 0 Å². The fourth-order valence-electron chi connectivity index (χ4n) is 2.33. The largest absolute Gasteiger partial charge is 0.494 e. The van der Waals surface area contributed by atoms with E-state index >= 15 is 0 Å². The number of nitrogens with one attached hydrogen (secondary N) is 1. The number of rotatable bonds is 3. The number of thioether (sulfide) groups is 1. The smallest absolute Gasteiger partial charge is 0.146 e. The molecule has 1 aromatic rings. The molecule has 4 heteroatoms. The highest BCUT2D eigenvalue weighted by atomic mass is 79.9. The molecule has 17 heavy (non-hydrogen) atoms. The van der Waals surface area contributed by atoms with Gasteiger partial charge in [-0.3, -0.25) is 0 Å². The molecule has 0 spiro atoms. The summed E-state index contributed by atoms with van der Waals surface area (Å²) < 4.78 is 6.50. The van der Waals surface area contributed by atoms with Crippen LogP contribution in [0.4, 0.5) is 0 Å². The van der Waals surface area contributed by atoms with Crippen LogP contribution in [0.5, 0.6) is 5.75 Å². The summed E-state index contributed by atoms with van der Waals surface area (Å²) in [4.78, 5) is 1.22. The Morgan fingerprint density at radius 2 is 2.06 bits per heavy atom. The van der Waals surface area contributed by atoms with Crippen molar-refractivity contribution in [3.8, 4) is 5.75 Å². The summed E-state index contributed by atoms with van der Waals surface area (Å²) in [6, 6.07) is 4.50. The van der Waals surface area contributed by atoms with Crippen LogP contribution in [0.3, 0.4) is 0 Å². The van der Waals surface area contributed by atoms with Gasteiger partial charge in [-0.05, 0) is 71.7 Å². The Morgan fingerprint density at radius 1 is 1.35 bits per heavy atom. The summed E-state index contributed by atoms with van der Waals surface area (Å²) in [5.74, 6) is 1.64. The molecule has 1 aliphatic heterocycles. The van der Waals surface area contributed by atoms with E-state index in [9.17, 15) is 0 Å². The molecule has 1 aromatic carbocycles. The predicted octanol–water partition coefficient (Wildman–Crippen LogP) is 3.65. The van der Waals surface area contributed by atoms with Crippen molar-refractivity contribution in [1.29, 1.82) is 0 Å². The lowest BCUT2D eigenvalue weighted by molar-refractivity contribution is 0.400.